The van der Waals surface area contributed by atoms with E-state index in [0.717, 1.165) is 5.06 Å². The number of carbonyl (C=O) groups excluding carboxylic acids is 2. The van der Waals surface area contributed by atoms with Crippen molar-refractivity contribution in [2.45, 2.75) is 39.8 Å². The highest BCUT2D eigenvalue weighted by molar-refractivity contribution is 7.09. The van der Waals surface area contributed by atoms with Crippen molar-refractivity contribution in [2.75, 3.05) is 6.61 Å². The Labute approximate surface area is 116 Å². The van der Waals surface area contributed by atoms with Crippen LogP contribution in [0, 0.1) is 0 Å². The maximum Gasteiger partial charge on any atom is 0.357 e. The molecule has 1 aromatic heterocycles. The highest BCUT2D eigenvalue weighted by atomic mass is 32.1. The Hall–Kier alpha value is -1.47. The van der Waals surface area contributed by atoms with Gasteiger partial charge >= 0.3 is 5.97 Å². The van der Waals surface area contributed by atoms with Gasteiger partial charge in [0.25, 0.3) is 0 Å². The van der Waals surface area contributed by atoms with Crippen LogP contribution in [-0.2, 0) is 20.9 Å². The molecule has 19 heavy (non-hydrogen) atoms. The Kier molecular flexibility index (Phi) is 5.44. The lowest BCUT2D eigenvalue weighted by Gasteiger charge is -2.25. The molecular weight excluding hydrogens is 268 g/mol. The van der Waals surface area contributed by atoms with Crippen molar-refractivity contribution >= 4 is 23.7 Å². The summed E-state index contributed by atoms with van der Waals surface area (Å²) in [7, 11) is 0. The zero-order valence-corrected chi connectivity index (χ0v) is 12.3. The number of hydrogen-bond acceptors (Lipinski definition) is 6. The molecule has 0 saturated heterocycles. The minimum absolute atomic E-state index is 0.199. The minimum Gasteiger partial charge on any atom is -0.461 e. The van der Waals surface area contributed by atoms with Crippen LogP contribution in [0.3, 0.4) is 0 Å². The van der Waals surface area contributed by atoms with Crippen LogP contribution in [0.15, 0.2) is 5.38 Å². The molecule has 1 aromatic rings. The van der Waals surface area contributed by atoms with Crippen molar-refractivity contribution in [1.29, 1.82) is 0 Å². The second-order valence-electron chi connectivity index (χ2n) is 4.73. The zero-order valence-electron chi connectivity index (χ0n) is 11.5. The van der Waals surface area contributed by atoms with E-state index in [2.05, 4.69) is 4.98 Å². The van der Waals surface area contributed by atoms with Gasteiger partial charge in [-0.1, -0.05) is 0 Å². The first kappa shape index (κ1) is 15.6. The van der Waals surface area contributed by atoms with Gasteiger partial charge in [-0.3, -0.25) is 9.63 Å². The first-order chi connectivity index (χ1) is 8.85. The van der Waals surface area contributed by atoms with Gasteiger partial charge in [0.2, 0.25) is 6.41 Å². The molecule has 0 aliphatic carbocycles. The topological polar surface area (TPSA) is 68.7 Å². The number of esters is 1. The number of hydroxylamine groups is 2. The monoisotopic (exact) mass is 286 g/mol. The Morgan fingerprint density at radius 3 is 2.74 bits per heavy atom. The predicted molar refractivity (Wildman–Crippen MR) is 70.5 cm³/mol. The molecule has 1 heterocycles. The highest BCUT2D eigenvalue weighted by Gasteiger charge is 2.18. The summed E-state index contributed by atoms with van der Waals surface area (Å²) >= 11 is 1.28. The molecule has 0 unspecified atom stereocenters. The predicted octanol–water partition coefficient (Wildman–Crippen LogP) is 2.01. The molecule has 0 radical (unpaired) electrons. The van der Waals surface area contributed by atoms with Gasteiger partial charge in [-0.25, -0.2) is 14.8 Å². The fourth-order valence-electron chi connectivity index (χ4n) is 1.26. The Morgan fingerprint density at radius 2 is 2.21 bits per heavy atom. The van der Waals surface area contributed by atoms with E-state index in [1.54, 1.807) is 12.3 Å². The number of thiazole rings is 1. The van der Waals surface area contributed by atoms with Crippen molar-refractivity contribution in [3.63, 3.8) is 0 Å². The fraction of sp³-hybridized carbons (Fsp3) is 0.583. The SMILES string of the molecule is CCOC(=O)c1csc(CN(C=O)OC(C)(C)C)n1. The standard InChI is InChI=1S/C12H18N2O4S/c1-5-17-11(16)9-7-19-10(13-9)6-14(8-15)18-12(2,3)4/h7-8H,5-6H2,1-4H3. The molecular formula is C12H18N2O4S. The van der Waals surface area contributed by atoms with E-state index >= 15 is 0 Å². The number of rotatable bonds is 6. The van der Waals surface area contributed by atoms with Crippen LogP contribution < -0.4 is 0 Å². The maximum absolute atomic E-state index is 11.4. The van der Waals surface area contributed by atoms with E-state index in [1.807, 2.05) is 20.8 Å². The van der Waals surface area contributed by atoms with Crippen molar-refractivity contribution < 1.29 is 19.2 Å². The van der Waals surface area contributed by atoms with E-state index < -0.39 is 11.6 Å². The third kappa shape index (κ3) is 5.35. The first-order valence-corrected chi connectivity index (χ1v) is 6.76. The summed E-state index contributed by atoms with van der Waals surface area (Å²) in [5, 5.41) is 3.38. The normalized spacial score (nSPS) is 11.2. The molecule has 0 aliphatic rings. The van der Waals surface area contributed by atoms with E-state index in [0.29, 0.717) is 18.0 Å². The molecule has 1 amide bonds. The summed E-state index contributed by atoms with van der Waals surface area (Å²) in [4.78, 5) is 31.9. The zero-order chi connectivity index (χ0) is 14.5. The molecule has 7 heteroatoms. The van der Waals surface area contributed by atoms with Gasteiger partial charge in [0, 0.05) is 5.38 Å². The van der Waals surface area contributed by atoms with E-state index in [9.17, 15) is 9.59 Å². The van der Waals surface area contributed by atoms with Gasteiger partial charge in [0.05, 0.1) is 12.2 Å². The average Bonchev–Trinajstić information content (AvgIpc) is 2.75. The lowest BCUT2D eigenvalue weighted by molar-refractivity contribution is -0.220. The molecule has 0 aromatic carbocycles. The summed E-state index contributed by atoms with van der Waals surface area (Å²) in [5.74, 6) is -0.459. The number of ether oxygens (including phenoxy) is 1. The van der Waals surface area contributed by atoms with Crippen molar-refractivity contribution in [3.05, 3.63) is 16.1 Å². The Bertz CT molecular complexity index is 439. The van der Waals surface area contributed by atoms with Crippen molar-refractivity contribution in [1.82, 2.24) is 10.0 Å². The summed E-state index contributed by atoms with van der Waals surface area (Å²) in [5.41, 5.74) is -0.217. The van der Waals surface area contributed by atoms with Crippen LogP contribution in [0.2, 0.25) is 0 Å². The largest absolute Gasteiger partial charge is 0.461 e. The highest BCUT2D eigenvalue weighted by Crippen LogP contribution is 2.16. The van der Waals surface area contributed by atoms with Crippen LogP contribution in [0.4, 0.5) is 0 Å². The van der Waals surface area contributed by atoms with Gasteiger partial charge in [0.15, 0.2) is 5.69 Å². The average molecular weight is 286 g/mol. The minimum atomic E-state index is -0.470. The molecule has 0 spiro atoms. The third-order valence-corrected chi connectivity index (χ3v) is 2.67. The van der Waals surface area contributed by atoms with E-state index in [4.69, 9.17) is 9.57 Å². The fourth-order valence-corrected chi connectivity index (χ4v) is 2.01. The number of aromatic nitrogens is 1. The molecule has 6 nitrogen and oxygen atoms in total. The molecule has 106 valence electrons. The maximum atomic E-state index is 11.4. The van der Waals surface area contributed by atoms with Gasteiger partial charge in [-0.15, -0.1) is 11.3 Å². The summed E-state index contributed by atoms with van der Waals surface area (Å²) in [6.07, 6.45) is 0.594. The van der Waals surface area contributed by atoms with Gasteiger partial charge in [-0.2, -0.15) is 0 Å². The van der Waals surface area contributed by atoms with Gasteiger partial charge in [0.1, 0.15) is 11.6 Å². The quantitative estimate of drug-likeness (QED) is 0.454. The van der Waals surface area contributed by atoms with Crippen LogP contribution in [-0.4, -0.2) is 34.6 Å². The second-order valence-corrected chi connectivity index (χ2v) is 5.67. The molecule has 0 N–H and O–H groups in total. The Morgan fingerprint density at radius 1 is 1.53 bits per heavy atom. The summed E-state index contributed by atoms with van der Waals surface area (Å²) < 4.78 is 4.84. The number of carbonyl (C=O) groups is 2. The Balaban J connectivity index is 2.66. The van der Waals surface area contributed by atoms with Crippen molar-refractivity contribution in [3.8, 4) is 0 Å². The summed E-state index contributed by atoms with van der Waals surface area (Å²) in [6, 6.07) is 0. The van der Waals surface area contributed by atoms with E-state index in [-0.39, 0.29) is 12.2 Å². The van der Waals surface area contributed by atoms with Crippen molar-refractivity contribution in [2.24, 2.45) is 0 Å². The molecule has 0 saturated carbocycles. The molecule has 0 atom stereocenters. The molecule has 0 aliphatic heterocycles. The molecule has 0 bridgehead atoms. The number of hydrogen-bond donors (Lipinski definition) is 0. The first-order valence-electron chi connectivity index (χ1n) is 5.88. The lowest BCUT2D eigenvalue weighted by Crippen LogP contribution is -2.32. The lowest BCUT2D eigenvalue weighted by atomic mass is 10.2. The summed E-state index contributed by atoms with van der Waals surface area (Å²) in [6.45, 7) is 7.76. The molecule has 0 fully saturated rings. The van der Waals surface area contributed by atoms with Crippen LogP contribution in [0.25, 0.3) is 0 Å². The molecule has 1 rings (SSSR count). The van der Waals surface area contributed by atoms with Gasteiger partial charge < -0.3 is 4.74 Å². The number of amides is 1. The van der Waals surface area contributed by atoms with Crippen LogP contribution in [0.1, 0.15) is 43.2 Å². The van der Waals surface area contributed by atoms with Gasteiger partial charge in [-0.05, 0) is 27.7 Å². The third-order valence-electron chi connectivity index (χ3n) is 1.84. The van der Waals surface area contributed by atoms with E-state index in [1.165, 1.54) is 11.3 Å². The smallest absolute Gasteiger partial charge is 0.357 e. The van der Waals surface area contributed by atoms with Crippen LogP contribution in [0.5, 0.6) is 0 Å². The van der Waals surface area contributed by atoms with Crippen LogP contribution >= 0.6 is 11.3 Å². The number of nitrogens with zero attached hydrogens (tertiary/aromatic N) is 2. The second kappa shape index (κ2) is 6.63.